The van der Waals surface area contributed by atoms with Crippen LogP contribution in [0.4, 0.5) is 11.4 Å². The van der Waals surface area contributed by atoms with E-state index in [1.165, 1.54) is 0 Å². The minimum absolute atomic E-state index is 0.0995. The molecule has 92 valence electrons. The number of anilines is 2. The summed E-state index contributed by atoms with van der Waals surface area (Å²) in [5, 5.41) is 12.3. The van der Waals surface area contributed by atoms with Gasteiger partial charge in [-0.2, -0.15) is 5.26 Å². The van der Waals surface area contributed by atoms with Crippen molar-refractivity contribution in [3.63, 3.8) is 0 Å². The van der Waals surface area contributed by atoms with Gasteiger partial charge in [0.15, 0.2) is 0 Å². The Morgan fingerprint density at radius 3 is 2.24 bits per heavy atom. The monoisotopic (exact) mass is 231 g/mol. The van der Waals surface area contributed by atoms with Gasteiger partial charge in [0.05, 0.1) is 23.0 Å². The largest absolute Gasteiger partial charge is 0.397 e. The summed E-state index contributed by atoms with van der Waals surface area (Å²) >= 11 is 0. The Bertz CT molecular complexity index is 406. The smallest absolute Gasteiger partial charge is 0.0992 e. The van der Waals surface area contributed by atoms with Crippen molar-refractivity contribution in [3.8, 4) is 6.07 Å². The molecule has 0 unspecified atom stereocenters. The quantitative estimate of drug-likeness (QED) is 0.762. The van der Waals surface area contributed by atoms with Crippen LogP contribution >= 0.6 is 0 Å². The molecule has 3 heteroatoms. The minimum Gasteiger partial charge on any atom is -0.397 e. The van der Waals surface area contributed by atoms with Crippen LogP contribution in [-0.2, 0) is 0 Å². The van der Waals surface area contributed by atoms with E-state index < -0.39 is 0 Å². The maximum Gasteiger partial charge on any atom is 0.0992 e. The Hall–Kier alpha value is -1.69. The highest BCUT2D eigenvalue weighted by Crippen LogP contribution is 2.29. The molecule has 0 spiro atoms. The normalized spacial score (nSPS) is 10.9. The van der Waals surface area contributed by atoms with E-state index in [-0.39, 0.29) is 5.54 Å². The summed E-state index contributed by atoms with van der Waals surface area (Å²) in [6.45, 7) is 6.54. The lowest BCUT2D eigenvalue weighted by molar-refractivity contribution is 0.420. The summed E-state index contributed by atoms with van der Waals surface area (Å²) < 4.78 is 0. The van der Waals surface area contributed by atoms with Crippen LogP contribution in [0.1, 0.15) is 45.6 Å². The van der Waals surface area contributed by atoms with Crippen molar-refractivity contribution in [2.75, 3.05) is 11.1 Å². The Balaban J connectivity index is 2.99. The summed E-state index contributed by atoms with van der Waals surface area (Å²) in [4.78, 5) is 0. The first-order chi connectivity index (χ1) is 8.10. The van der Waals surface area contributed by atoms with Crippen molar-refractivity contribution in [1.82, 2.24) is 0 Å². The highest BCUT2D eigenvalue weighted by atomic mass is 15.0. The van der Waals surface area contributed by atoms with Crippen molar-refractivity contribution in [1.29, 1.82) is 5.26 Å². The molecule has 0 saturated carbocycles. The number of hydrogen-bond donors (Lipinski definition) is 2. The van der Waals surface area contributed by atoms with Gasteiger partial charge >= 0.3 is 0 Å². The minimum atomic E-state index is 0.0995. The molecule has 1 aromatic carbocycles. The van der Waals surface area contributed by atoms with Crippen LogP contribution in [0, 0.1) is 11.3 Å². The maximum atomic E-state index is 8.80. The van der Waals surface area contributed by atoms with Crippen molar-refractivity contribution < 1.29 is 0 Å². The van der Waals surface area contributed by atoms with Crippen LogP contribution in [0.5, 0.6) is 0 Å². The maximum absolute atomic E-state index is 8.80. The molecular formula is C14H21N3. The number of nitrogens with zero attached hydrogens (tertiary/aromatic N) is 1. The van der Waals surface area contributed by atoms with Gasteiger partial charge in [0.1, 0.15) is 0 Å². The molecule has 1 aromatic rings. The van der Waals surface area contributed by atoms with E-state index >= 15 is 0 Å². The Labute approximate surface area is 104 Å². The summed E-state index contributed by atoms with van der Waals surface area (Å²) in [6, 6.07) is 7.50. The molecule has 0 radical (unpaired) electrons. The molecule has 0 aliphatic heterocycles. The molecule has 0 aromatic heterocycles. The fourth-order valence-electron chi connectivity index (χ4n) is 2.05. The standard InChI is InChI=1S/C14H21N3/c1-4-14(5-2,6-3)17-13-8-7-11(10-15)9-12(13)16/h7-9,17H,4-6,16H2,1-3H3. The Morgan fingerprint density at radius 1 is 1.24 bits per heavy atom. The van der Waals surface area contributed by atoms with Crippen molar-refractivity contribution in [2.24, 2.45) is 0 Å². The number of hydrogen-bond acceptors (Lipinski definition) is 3. The molecule has 0 fully saturated rings. The fraction of sp³-hybridized carbons (Fsp3) is 0.500. The van der Waals surface area contributed by atoms with Crippen LogP contribution in [0.3, 0.4) is 0 Å². The number of rotatable bonds is 5. The van der Waals surface area contributed by atoms with Crippen molar-refractivity contribution in [3.05, 3.63) is 23.8 Å². The van der Waals surface area contributed by atoms with E-state index in [9.17, 15) is 0 Å². The summed E-state index contributed by atoms with van der Waals surface area (Å²) in [6.07, 6.45) is 3.17. The van der Waals surface area contributed by atoms with E-state index in [1.54, 1.807) is 12.1 Å². The van der Waals surface area contributed by atoms with E-state index in [4.69, 9.17) is 11.0 Å². The zero-order valence-electron chi connectivity index (χ0n) is 10.9. The van der Waals surface area contributed by atoms with Crippen LogP contribution in [0.2, 0.25) is 0 Å². The average Bonchev–Trinajstić information content (AvgIpc) is 2.38. The second-order valence-corrected chi connectivity index (χ2v) is 4.38. The second kappa shape index (κ2) is 5.58. The summed E-state index contributed by atoms with van der Waals surface area (Å²) in [7, 11) is 0. The van der Waals surface area contributed by atoms with Crippen LogP contribution in [-0.4, -0.2) is 5.54 Å². The van der Waals surface area contributed by atoms with Crippen molar-refractivity contribution in [2.45, 2.75) is 45.6 Å². The number of nitrogens with two attached hydrogens (primary N) is 1. The first-order valence-corrected chi connectivity index (χ1v) is 6.18. The first kappa shape index (κ1) is 13.4. The van der Waals surface area contributed by atoms with E-state index in [0.29, 0.717) is 11.3 Å². The molecule has 0 aliphatic rings. The topological polar surface area (TPSA) is 61.8 Å². The third-order valence-electron chi connectivity index (χ3n) is 3.61. The van der Waals surface area contributed by atoms with Crippen molar-refractivity contribution >= 4 is 11.4 Å². The molecule has 3 nitrogen and oxygen atoms in total. The third-order valence-corrected chi connectivity index (χ3v) is 3.61. The van der Waals surface area contributed by atoms with Gasteiger partial charge in [0.25, 0.3) is 0 Å². The van der Waals surface area contributed by atoms with Gasteiger partial charge in [-0.15, -0.1) is 0 Å². The van der Waals surface area contributed by atoms with Gasteiger partial charge in [0, 0.05) is 5.54 Å². The number of nitrogen functional groups attached to an aromatic ring is 1. The van der Waals surface area contributed by atoms with E-state index in [1.807, 2.05) is 6.07 Å². The molecule has 0 atom stereocenters. The van der Waals surface area contributed by atoms with Gasteiger partial charge in [-0.1, -0.05) is 20.8 Å². The lowest BCUT2D eigenvalue weighted by Gasteiger charge is -2.33. The fourth-order valence-corrected chi connectivity index (χ4v) is 2.05. The molecule has 0 heterocycles. The van der Waals surface area contributed by atoms with Gasteiger partial charge in [-0.3, -0.25) is 0 Å². The van der Waals surface area contributed by atoms with Crippen LogP contribution < -0.4 is 11.1 Å². The van der Waals surface area contributed by atoms with Gasteiger partial charge in [0.2, 0.25) is 0 Å². The van der Waals surface area contributed by atoms with Crippen LogP contribution in [0.25, 0.3) is 0 Å². The number of nitriles is 1. The SMILES string of the molecule is CCC(CC)(CC)Nc1ccc(C#N)cc1N. The molecule has 0 amide bonds. The van der Waals surface area contributed by atoms with E-state index in [0.717, 1.165) is 24.9 Å². The molecule has 1 rings (SSSR count). The summed E-state index contributed by atoms with van der Waals surface area (Å²) in [5.41, 5.74) is 8.22. The van der Waals surface area contributed by atoms with Crippen LogP contribution in [0.15, 0.2) is 18.2 Å². The number of nitrogens with one attached hydrogen (secondary N) is 1. The lowest BCUT2D eigenvalue weighted by Crippen LogP contribution is -2.36. The molecule has 3 N–H and O–H groups in total. The highest BCUT2D eigenvalue weighted by molar-refractivity contribution is 5.69. The first-order valence-electron chi connectivity index (χ1n) is 6.18. The molecular weight excluding hydrogens is 210 g/mol. The molecule has 17 heavy (non-hydrogen) atoms. The number of benzene rings is 1. The third kappa shape index (κ3) is 2.91. The second-order valence-electron chi connectivity index (χ2n) is 4.38. The highest BCUT2D eigenvalue weighted by Gasteiger charge is 2.23. The van der Waals surface area contributed by atoms with Gasteiger partial charge in [-0.05, 0) is 37.5 Å². The zero-order valence-corrected chi connectivity index (χ0v) is 10.9. The molecule has 0 saturated heterocycles. The van der Waals surface area contributed by atoms with Gasteiger partial charge < -0.3 is 11.1 Å². The van der Waals surface area contributed by atoms with E-state index in [2.05, 4.69) is 32.2 Å². The molecule has 0 aliphatic carbocycles. The summed E-state index contributed by atoms with van der Waals surface area (Å²) in [5.74, 6) is 0. The zero-order chi connectivity index (χ0) is 12.9. The predicted molar refractivity (Wildman–Crippen MR) is 72.8 cm³/mol. The molecule has 0 bridgehead atoms. The lowest BCUT2D eigenvalue weighted by atomic mass is 9.89. The Kier molecular flexibility index (Phi) is 4.39. The van der Waals surface area contributed by atoms with Gasteiger partial charge in [-0.25, -0.2) is 0 Å². The average molecular weight is 231 g/mol. The predicted octanol–water partition coefficient (Wildman–Crippen LogP) is 3.52. The Morgan fingerprint density at radius 2 is 1.82 bits per heavy atom.